The Hall–Kier alpha value is -4.06. The molecule has 5 rings (SSSR count). The molecule has 1 saturated heterocycles. The molecule has 6 nitrogen and oxygen atoms in total. The van der Waals surface area contributed by atoms with E-state index in [1.165, 1.54) is 11.3 Å². The van der Waals surface area contributed by atoms with Gasteiger partial charge in [0.05, 0.1) is 18.5 Å². The summed E-state index contributed by atoms with van der Waals surface area (Å²) >= 11 is 0. The van der Waals surface area contributed by atoms with Gasteiger partial charge in [-0.1, -0.05) is 30.3 Å². The van der Waals surface area contributed by atoms with Crippen molar-refractivity contribution in [2.75, 3.05) is 38.2 Å². The number of carbonyl (C=O) groups is 1. The zero-order chi connectivity index (χ0) is 25.2. The molecule has 0 unspecified atom stereocenters. The van der Waals surface area contributed by atoms with Crippen molar-refractivity contribution in [3.05, 3.63) is 95.2 Å². The van der Waals surface area contributed by atoms with E-state index in [4.69, 9.17) is 9.84 Å². The first kappa shape index (κ1) is 23.7. The molecule has 1 aromatic heterocycles. The van der Waals surface area contributed by atoms with E-state index in [2.05, 4.69) is 68.1 Å². The van der Waals surface area contributed by atoms with Crippen LogP contribution in [0.4, 0.5) is 5.69 Å². The molecule has 36 heavy (non-hydrogen) atoms. The molecular weight excluding hydrogens is 448 g/mol. The third kappa shape index (κ3) is 4.59. The maximum atomic E-state index is 13.9. The number of aryl methyl sites for hydroxylation is 3. The lowest BCUT2D eigenvalue weighted by Crippen LogP contribution is -2.49. The Morgan fingerprint density at radius 1 is 0.806 bits per heavy atom. The fourth-order valence-electron chi connectivity index (χ4n) is 4.80. The number of hydrogen-bond donors (Lipinski definition) is 0. The molecule has 2 heterocycles. The van der Waals surface area contributed by atoms with Gasteiger partial charge >= 0.3 is 0 Å². The van der Waals surface area contributed by atoms with Crippen molar-refractivity contribution in [1.82, 2.24) is 14.7 Å². The molecule has 0 bridgehead atoms. The molecule has 0 saturated carbocycles. The second-order valence-corrected chi connectivity index (χ2v) is 9.41. The van der Waals surface area contributed by atoms with Crippen LogP contribution in [0, 0.1) is 20.8 Å². The maximum absolute atomic E-state index is 13.9. The monoisotopic (exact) mass is 480 g/mol. The van der Waals surface area contributed by atoms with Crippen LogP contribution in [0.5, 0.6) is 5.75 Å². The lowest BCUT2D eigenvalue weighted by Gasteiger charge is -2.36. The fraction of sp³-hybridized carbons (Fsp3) is 0.267. The van der Waals surface area contributed by atoms with Gasteiger partial charge in [0.15, 0.2) is 0 Å². The van der Waals surface area contributed by atoms with Crippen molar-refractivity contribution >= 4 is 11.6 Å². The van der Waals surface area contributed by atoms with Crippen LogP contribution in [0.15, 0.2) is 72.8 Å². The van der Waals surface area contributed by atoms with Gasteiger partial charge in [0, 0.05) is 37.4 Å². The fourth-order valence-corrected chi connectivity index (χ4v) is 4.80. The topological polar surface area (TPSA) is 50.6 Å². The predicted octanol–water partition coefficient (Wildman–Crippen LogP) is 5.44. The van der Waals surface area contributed by atoms with Gasteiger partial charge < -0.3 is 14.5 Å². The number of ether oxygens (including phenoxy) is 1. The lowest BCUT2D eigenvalue weighted by molar-refractivity contribution is 0.0737. The van der Waals surface area contributed by atoms with E-state index < -0.39 is 0 Å². The van der Waals surface area contributed by atoms with E-state index in [9.17, 15) is 4.79 Å². The van der Waals surface area contributed by atoms with Crippen molar-refractivity contribution in [2.24, 2.45) is 0 Å². The van der Waals surface area contributed by atoms with Crippen LogP contribution in [-0.4, -0.2) is 53.9 Å². The summed E-state index contributed by atoms with van der Waals surface area (Å²) in [6.07, 6.45) is 0. The summed E-state index contributed by atoms with van der Waals surface area (Å²) in [7, 11) is 1.65. The molecule has 1 aliphatic heterocycles. The summed E-state index contributed by atoms with van der Waals surface area (Å²) < 4.78 is 7.12. The minimum absolute atomic E-state index is 0.00704. The summed E-state index contributed by atoms with van der Waals surface area (Å²) in [5.41, 5.74) is 7.92. The molecule has 0 N–H and O–H groups in total. The number of methoxy groups -OCH3 is 1. The minimum Gasteiger partial charge on any atom is -0.497 e. The Bertz CT molecular complexity index is 1380. The Kier molecular flexibility index (Phi) is 6.51. The molecule has 0 aliphatic carbocycles. The summed E-state index contributed by atoms with van der Waals surface area (Å²) in [6, 6.07) is 24.4. The second-order valence-electron chi connectivity index (χ2n) is 9.41. The van der Waals surface area contributed by atoms with Crippen LogP contribution < -0.4 is 9.64 Å². The molecule has 184 valence electrons. The van der Waals surface area contributed by atoms with Crippen LogP contribution >= 0.6 is 0 Å². The zero-order valence-corrected chi connectivity index (χ0v) is 21.4. The van der Waals surface area contributed by atoms with Crippen LogP contribution in [0.3, 0.4) is 0 Å². The number of benzene rings is 3. The molecule has 0 spiro atoms. The number of nitrogens with zero attached hydrogens (tertiary/aromatic N) is 4. The predicted molar refractivity (Wildman–Crippen MR) is 144 cm³/mol. The van der Waals surface area contributed by atoms with Crippen molar-refractivity contribution in [1.29, 1.82) is 0 Å². The van der Waals surface area contributed by atoms with E-state index in [-0.39, 0.29) is 5.91 Å². The van der Waals surface area contributed by atoms with Crippen LogP contribution in [-0.2, 0) is 0 Å². The number of carbonyl (C=O) groups excluding carboxylic acids is 1. The summed E-state index contributed by atoms with van der Waals surface area (Å²) in [4.78, 5) is 18.2. The standard InChI is InChI=1S/C30H32N4O2/c1-21-9-10-23(3)28(19-21)34-29(20-26(31-34)24-11-13-25(36-4)14-12-24)30(35)33-17-15-32(16-18-33)27-8-6-5-7-22(27)2/h5-14,19-20H,15-18H2,1-4H3. The largest absolute Gasteiger partial charge is 0.497 e. The minimum atomic E-state index is 0.00704. The number of piperazine rings is 1. The first-order valence-corrected chi connectivity index (χ1v) is 12.4. The van der Waals surface area contributed by atoms with Gasteiger partial charge in [0.2, 0.25) is 0 Å². The zero-order valence-electron chi connectivity index (χ0n) is 21.4. The molecule has 0 atom stereocenters. The van der Waals surface area contributed by atoms with Crippen LogP contribution in [0.2, 0.25) is 0 Å². The number of aromatic nitrogens is 2. The quantitative estimate of drug-likeness (QED) is 0.382. The van der Waals surface area contributed by atoms with E-state index in [0.717, 1.165) is 46.9 Å². The Morgan fingerprint density at radius 3 is 2.19 bits per heavy atom. The third-order valence-electron chi connectivity index (χ3n) is 6.93. The van der Waals surface area contributed by atoms with Gasteiger partial charge in [-0.05, 0) is 79.9 Å². The molecule has 1 aliphatic rings. The van der Waals surface area contributed by atoms with Crippen LogP contribution in [0.25, 0.3) is 16.9 Å². The Labute approximate surface area is 212 Å². The van der Waals surface area contributed by atoms with Gasteiger partial charge in [-0.25, -0.2) is 4.68 Å². The second kappa shape index (κ2) is 9.90. The van der Waals surface area contributed by atoms with Crippen molar-refractivity contribution in [3.63, 3.8) is 0 Å². The van der Waals surface area contributed by atoms with E-state index in [1.54, 1.807) is 7.11 Å². The molecule has 3 aromatic carbocycles. The van der Waals surface area contributed by atoms with Gasteiger partial charge in [0.25, 0.3) is 5.91 Å². The number of rotatable bonds is 5. The molecule has 1 amide bonds. The average molecular weight is 481 g/mol. The summed E-state index contributed by atoms with van der Waals surface area (Å²) in [5, 5.41) is 4.92. The van der Waals surface area contributed by atoms with Crippen molar-refractivity contribution in [3.8, 4) is 22.7 Å². The first-order valence-electron chi connectivity index (χ1n) is 12.4. The van der Waals surface area contributed by atoms with Crippen LogP contribution in [0.1, 0.15) is 27.2 Å². The first-order chi connectivity index (χ1) is 17.4. The number of amides is 1. The highest BCUT2D eigenvalue weighted by atomic mass is 16.5. The average Bonchev–Trinajstić information content (AvgIpc) is 3.35. The normalized spacial score (nSPS) is 13.7. The number of anilines is 1. The highest BCUT2D eigenvalue weighted by Crippen LogP contribution is 2.27. The van der Waals surface area contributed by atoms with Gasteiger partial charge in [-0.15, -0.1) is 0 Å². The summed E-state index contributed by atoms with van der Waals surface area (Å²) in [6.45, 7) is 9.20. The third-order valence-corrected chi connectivity index (χ3v) is 6.93. The van der Waals surface area contributed by atoms with E-state index >= 15 is 0 Å². The Balaban J connectivity index is 1.47. The van der Waals surface area contributed by atoms with E-state index in [1.807, 2.05) is 39.9 Å². The molecule has 4 aromatic rings. The van der Waals surface area contributed by atoms with Crippen molar-refractivity contribution in [2.45, 2.75) is 20.8 Å². The maximum Gasteiger partial charge on any atom is 0.272 e. The Morgan fingerprint density at radius 2 is 1.50 bits per heavy atom. The van der Waals surface area contributed by atoms with Crippen molar-refractivity contribution < 1.29 is 9.53 Å². The highest BCUT2D eigenvalue weighted by Gasteiger charge is 2.27. The van der Waals surface area contributed by atoms with Gasteiger partial charge in [-0.3, -0.25) is 4.79 Å². The number of para-hydroxylation sites is 1. The smallest absolute Gasteiger partial charge is 0.272 e. The SMILES string of the molecule is COc1ccc(-c2cc(C(=O)N3CCN(c4ccccc4C)CC3)n(-c3cc(C)ccc3C)n2)cc1. The van der Waals surface area contributed by atoms with Gasteiger partial charge in [0.1, 0.15) is 11.4 Å². The van der Waals surface area contributed by atoms with E-state index in [0.29, 0.717) is 18.8 Å². The highest BCUT2D eigenvalue weighted by molar-refractivity contribution is 5.94. The summed E-state index contributed by atoms with van der Waals surface area (Å²) in [5.74, 6) is 0.795. The molecule has 1 fully saturated rings. The molecular formula is C30H32N4O2. The number of hydrogen-bond acceptors (Lipinski definition) is 4. The molecule has 0 radical (unpaired) electrons. The molecule has 6 heteroatoms. The lowest BCUT2D eigenvalue weighted by atomic mass is 10.1. The van der Waals surface area contributed by atoms with Gasteiger partial charge in [-0.2, -0.15) is 5.10 Å².